The Morgan fingerprint density at radius 3 is 2.71 bits per heavy atom. The number of piperidine rings is 1. The van der Waals surface area contributed by atoms with Crippen LogP contribution >= 0.6 is 15.9 Å². The average molecular weight is 298 g/mol. The van der Waals surface area contributed by atoms with Gasteiger partial charge in [0.1, 0.15) is 5.75 Å². The van der Waals surface area contributed by atoms with Crippen molar-refractivity contribution < 1.29 is 4.74 Å². The van der Waals surface area contributed by atoms with Crippen molar-refractivity contribution in [3.63, 3.8) is 0 Å². The molecular weight excluding hydrogens is 278 g/mol. The summed E-state index contributed by atoms with van der Waals surface area (Å²) >= 11 is 3.62. The Kier molecular flexibility index (Phi) is 4.46. The summed E-state index contributed by atoms with van der Waals surface area (Å²) in [4.78, 5) is 0. The Bertz CT molecular complexity index is 386. The van der Waals surface area contributed by atoms with Gasteiger partial charge in [-0.1, -0.05) is 6.07 Å². The molecular formula is C14H20BrNO. The maximum absolute atomic E-state index is 5.31. The summed E-state index contributed by atoms with van der Waals surface area (Å²) in [6.45, 7) is 4.51. The normalized spacial score (nSPS) is 17.1. The Morgan fingerprint density at radius 1 is 1.35 bits per heavy atom. The van der Waals surface area contributed by atoms with E-state index in [1.807, 2.05) is 0 Å². The zero-order valence-corrected chi connectivity index (χ0v) is 12.1. The van der Waals surface area contributed by atoms with Crippen molar-refractivity contribution in [2.24, 2.45) is 5.92 Å². The highest BCUT2D eigenvalue weighted by atomic mass is 79.9. The maximum atomic E-state index is 5.31. The van der Waals surface area contributed by atoms with E-state index < -0.39 is 0 Å². The van der Waals surface area contributed by atoms with Gasteiger partial charge < -0.3 is 10.1 Å². The predicted molar refractivity (Wildman–Crippen MR) is 74.7 cm³/mol. The van der Waals surface area contributed by atoms with Crippen LogP contribution in [-0.4, -0.2) is 20.2 Å². The molecule has 1 saturated heterocycles. The first-order valence-electron chi connectivity index (χ1n) is 6.25. The van der Waals surface area contributed by atoms with Gasteiger partial charge in [-0.05, 0) is 78.3 Å². The van der Waals surface area contributed by atoms with Crippen molar-refractivity contribution >= 4 is 15.9 Å². The summed E-state index contributed by atoms with van der Waals surface area (Å²) in [5, 5.41) is 3.42. The molecule has 0 unspecified atom stereocenters. The van der Waals surface area contributed by atoms with Crippen LogP contribution in [0, 0.1) is 12.8 Å². The van der Waals surface area contributed by atoms with E-state index in [9.17, 15) is 0 Å². The smallest absolute Gasteiger partial charge is 0.133 e. The average Bonchev–Trinajstić information content (AvgIpc) is 2.37. The molecule has 2 nitrogen and oxygen atoms in total. The number of methoxy groups -OCH3 is 1. The second kappa shape index (κ2) is 5.87. The van der Waals surface area contributed by atoms with Crippen LogP contribution in [0.25, 0.3) is 0 Å². The van der Waals surface area contributed by atoms with Gasteiger partial charge in [0, 0.05) is 0 Å². The second-order valence-electron chi connectivity index (χ2n) is 4.76. The van der Waals surface area contributed by atoms with E-state index in [2.05, 4.69) is 40.3 Å². The first-order valence-corrected chi connectivity index (χ1v) is 7.04. The van der Waals surface area contributed by atoms with Gasteiger partial charge in [0.05, 0.1) is 11.6 Å². The summed E-state index contributed by atoms with van der Waals surface area (Å²) in [6.07, 6.45) is 3.78. The van der Waals surface area contributed by atoms with Crippen LogP contribution in [-0.2, 0) is 6.42 Å². The topological polar surface area (TPSA) is 21.3 Å². The van der Waals surface area contributed by atoms with E-state index >= 15 is 0 Å². The molecule has 1 fully saturated rings. The SMILES string of the molecule is COc1ccc(CC2CCNCC2)c(C)c1Br. The fourth-order valence-electron chi connectivity index (χ4n) is 2.48. The molecule has 17 heavy (non-hydrogen) atoms. The van der Waals surface area contributed by atoms with Gasteiger partial charge in [0.25, 0.3) is 0 Å². The van der Waals surface area contributed by atoms with Crippen molar-refractivity contribution in [3.05, 3.63) is 27.7 Å². The molecule has 0 amide bonds. The van der Waals surface area contributed by atoms with Crippen LogP contribution in [0.3, 0.4) is 0 Å². The Balaban J connectivity index is 2.12. The van der Waals surface area contributed by atoms with Gasteiger partial charge in [-0.25, -0.2) is 0 Å². The van der Waals surface area contributed by atoms with Crippen LogP contribution in [0.1, 0.15) is 24.0 Å². The zero-order chi connectivity index (χ0) is 12.3. The lowest BCUT2D eigenvalue weighted by Gasteiger charge is -2.23. The molecule has 0 radical (unpaired) electrons. The van der Waals surface area contributed by atoms with E-state index in [0.29, 0.717) is 0 Å². The van der Waals surface area contributed by atoms with E-state index in [1.165, 1.54) is 43.5 Å². The van der Waals surface area contributed by atoms with Crippen LogP contribution < -0.4 is 10.1 Å². The number of hydrogen-bond donors (Lipinski definition) is 1. The molecule has 0 saturated carbocycles. The van der Waals surface area contributed by atoms with E-state index in [4.69, 9.17) is 4.74 Å². The van der Waals surface area contributed by atoms with Crippen molar-refractivity contribution in [2.45, 2.75) is 26.2 Å². The van der Waals surface area contributed by atoms with Crippen molar-refractivity contribution in [2.75, 3.05) is 20.2 Å². The quantitative estimate of drug-likeness (QED) is 0.924. The first-order chi connectivity index (χ1) is 8.22. The highest BCUT2D eigenvalue weighted by Crippen LogP contribution is 2.32. The lowest BCUT2D eigenvalue weighted by atomic mass is 9.89. The minimum Gasteiger partial charge on any atom is -0.496 e. The predicted octanol–water partition coefficient (Wildman–Crippen LogP) is 3.31. The molecule has 1 aromatic carbocycles. The second-order valence-corrected chi connectivity index (χ2v) is 5.56. The van der Waals surface area contributed by atoms with E-state index in [1.54, 1.807) is 7.11 Å². The molecule has 2 rings (SSSR count). The van der Waals surface area contributed by atoms with Crippen LogP contribution in [0.4, 0.5) is 0 Å². The highest BCUT2D eigenvalue weighted by Gasteiger charge is 2.16. The molecule has 0 aromatic heterocycles. The summed E-state index contributed by atoms with van der Waals surface area (Å²) in [5.74, 6) is 1.76. The minimum absolute atomic E-state index is 0.829. The Labute approximate surface area is 112 Å². The number of ether oxygens (including phenoxy) is 1. The van der Waals surface area contributed by atoms with Gasteiger partial charge in [0.2, 0.25) is 0 Å². The fourth-order valence-corrected chi connectivity index (χ4v) is 3.02. The van der Waals surface area contributed by atoms with Crippen molar-refractivity contribution in [1.82, 2.24) is 5.32 Å². The molecule has 1 aliphatic rings. The number of hydrogen-bond acceptors (Lipinski definition) is 2. The summed E-state index contributed by atoms with van der Waals surface area (Å²) in [7, 11) is 1.71. The molecule has 1 aliphatic heterocycles. The maximum Gasteiger partial charge on any atom is 0.133 e. The molecule has 0 atom stereocenters. The highest BCUT2D eigenvalue weighted by molar-refractivity contribution is 9.10. The summed E-state index contributed by atoms with van der Waals surface area (Å²) in [5.41, 5.74) is 2.77. The number of rotatable bonds is 3. The molecule has 3 heteroatoms. The lowest BCUT2D eigenvalue weighted by Crippen LogP contribution is -2.28. The third-order valence-corrected chi connectivity index (χ3v) is 4.64. The minimum atomic E-state index is 0.829. The third-order valence-electron chi connectivity index (χ3n) is 3.65. The van der Waals surface area contributed by atoms with Crippen LogP contribution in [0.5, 0.6) is 5.75 Å². The molecule has 0 bridgehead atoms. The summed E-state index contributed by atoms with van der Waals surface area (Å²) < 4.78 is 6.42. The van der Waals surface area contributed by atoms with Gasteiger partial charge in [-0.3, -0.25) is 0 Å². The van der Waals surface area contributed by atoms with E-state index in [-0.39, 0.29) is 0 Å². The lowest BCUT2D eigenvalue weighted by molar-refractivity contribution is 0.371. The first kappa shape index (κ1) is 12.9. The zero-order valence-electron chi connectivity index (χ0n) is 10.6. The molecule has 0 aliphatic carbocycles. The Morgan fingerprint density at radius 2 is 2.06 bits per heavy atom. The van der Waals surface area contributed by atoms with Crippen LogP contribution in [0.2, 0.25) is 0 Å². The monoisotopic (exact) mass is 297 g/mol. The fraction of sp³-hybridized carbons (Fsp3) is 0.571. The van der Waals surface area contributed by atoms with Crippen molar-refractivity contribution in [1.29, 1.82) is 0 Å². The number of benzene rings is 1. The van der Waals surface area contributed by atoms with Crippen molar-refractivity contribution in [3.8, 4) is 5.75 Å². The summed E-state index contributed by atoms with van der Waals surface area (Å²) in [6, 6.07) is 4.27. The molecule has 0 spiro atoms. The largest absolute Gasteiger partial charge is 0.496 e. The van der Waals surface area contributed by atoms with Gasteiger partial charge >= 0.3 is 0 Å². The molecule has 1 N–H and O–H groups in total. The standard InChI is InChI=1S/C14H20BrNO/c1-10-12(3-4-13(17-2)14(10)15)9-11-5-7-16-8-6-11/h3-4,11,16H,5-9H2,1-2H3. The molecule has 1 heterocycles. The molecule has 1 aromatic rings. The van der Waals surface area contributed by atoms with E-state index in [0.717, 1.165) is 16.1 Å². The van der Waals surface area contributed by atoms with Gasteiger partial charge in [-0.2, -0.15) is 0 Å². The van der Waals surface area contributed by atoms with Gasteiger partial charge in [0.15, 0.2) is 0 Å². The number of nitrogens with one attached hydrogen (secondary N) is 1. The molecule has 94 valence electrons. The van der Waals surface area contributed by atoms with Crippen LogP contribution in [0.15, 0.2) is 16.6 Å². The Hall–Kier alpha value is -0.540. The third kappa shape index (κ3) is 3.02. The van der Waals surface area contributed by atoms with Gasteiger partial charge in [-0.15, -0.1) is 0 Å². The number of halogens is 1.